The number of aryl methyl sites for hydroxylation is 1. The fraction of sp³-hybridized carbons (Fsp3) is 0.786. The Morgan fingerprint density at radius 3 is 2.48 bits per heavy atom. The van der Waals surface area contributed by atoms with Gasteiger partial charge < -0.3 is 4.74 Å². The number of hydrogen-bond donors (Lipinski definition) is 0. The normalized spacial score (nSPS) is 26.2. The van der Waals surface area contributed by atoms with Crippen LogP contribution in [0.4, 0.5) is 0 Å². The molecule has 0 amide bonds. The van der Waals surface area contributed by atoms with Crippen LogP contribution in [0.2, 0.25) is 4.47 Å². The molecule has 0 radical (unpaired) electrons. The van der Waals surface area contributed by atoms with E-state index < -0.39 is 10.0 Å². The Hall–Kier alpha value is -0.250. The molecule has 128 valence electrons. The third-order valence-corrected chi connectivity index (χ3v) is 8.75. The van der Waals surface area contributed by atoms with Crippen molar-refractivity contribution in [2.75, 3.05) is 39.4 Å². The van der Waals surface area contributed by atoms with Gasteiger partial charge in [0, 0.05) is 50.8 Å². The first-order valence-electron chi connectivity index (χ1n) is 7.85. The Morgan fingerprint density at radius 1 is 1.26 bits per heavy atom. The molecule has 0 N–H and O–H groups in total. The van der Waals surface area contributed by atoms with Gasteiger partial charge in [0.15, 0.2) is 8.68 Å². The molecule has 23 heavy (non-hydrogen) atoms. The lowest BCUT2D eigenvalue weighted by atomic mass is 9.73. The first-order valence-corrected chi connectivity index (χ1v) is 10.5. The number of ether oxygens (including phenoxy) is 1. The minimum Gasteiger partial charge on any atom is -0.381 e. The topological polar surface area (TPSA) is 62.7 Å². The Kier molecular flexibility index (Phi) is 3.98. The summed E-state index contributed by atoms with van der Waals surface area (Å²) in [5.41, 5.74) is 0.659. The molecule has 6 nitrogen and oxygen atoms in total. The Labute approximate surface area is 145 Å². The van der Waals surface area contributed by atoms with E-state index in [1.54, 1.807) is 11.2 Å². The summed E-state index contributed by atoms with van der Waals surface area (Å²) in [6.07, 6.45) is 2.19. The van der Waals surface area contributed by atoms with Crippen molar-refractivity contribution in [2.45, 2.75) is 30.0 Å². The molecule has 0 saturated carbocycles. The van der Waals surface area contributed by atoms with E-state index in [9.17, 15) is 8.42 Å². The predicted octanol–water partition coefficient (Wildman–Crippen LogP) is 1.59. The molecule has 0 atom stereocenters. The van der Waals surface area contributed by atoms with E-state index in [-0.39, 0.29) is 14.1 Å². The quantitative estimate of drug-likeness (QED) is 0.800. The Morgan fingerprint density at radius 2 is 1.91 bits per heavy atom. The molecular formula is C14H20ClN3O3S2. The molecule has 3 aliphatic heterocycles. The highest BCUT2D eigenvalue weighted by molar-refractivity contribution is 7.91. The summed E-state index contributed by atoms with van der Waals surface area (Å²) in [5, 5.41) is 0. The SMILES string of the molecule is Cc1nc(Cl)sc1S(=O)(=O)N1CC2(CN(C3CCOCC3)C2)C1. The maximum Gasteiger partial charge on any atom is 0.254 e. The van der Waals surface area contributed by atoms with Crippen molar-refractivity contribution in [1.29, 1.82) is 0 Å². The molecular weight excluding hydrogens is 358 g/mol. The van der Waals surface area contributed by atoms with Crippen LogP contribution >= 0.6 is 22.9 Å². The molecule has 1 aromatic rings. The molecule has 3 aliphatic rings. The number of hydrogen-bond acceptors (Lipinski definition) is 6. The molecule has 0 bridgehead atoms. The van der Waals surface area contributed by atoms with Gasteiger partial charge in [-0.2, -0.15) is 4.31 Å². The van der Waals surface area contributed by atoms with Crippen LogP contribution in [0.25, 0.3) is 0 Å². The predicted molar refractivity (Wildman–Crippen MR) is 88.5 cm³/mol. The molecule has 0 aromatic carbocycles. The van der Waals surface area contributed by atoms with Gasteiger partial charge >= 0.3 is 0 Å². The summed E-state index contributed by atoms with van der Waals surface area (Å²) >= 11 is 6.89. The summed E-state index contributed by atoms with van der Waals surface area (Å²) in [7, 11) is -3.44. The summed E-state index contributed by atoms with van der Waals surface area (Å²) in [6, 6.07) is 0.613. The van der Waals surface area contributed by atoms with Crippen molar-refractivity contribution in [2.24, 2.45) is 5.41 Å². The van der Waals surface area contributed by atoms with Crippen LogP contribution in [-0.2, 0) is 14.8 Å². The molecule has 9 heteroatoms. The molecule has 0 aliphatic carbocycles. The van der Waals surface area contributed by atoms with Crippen LogP contribution < -0.4 is 0 Å². The molecule has 3 fully saturated rings. The number of halogens is 1. The van der Waals surface area contributed by atoms with E-state index in [0.717, 1.165) is 50.5 Å². The fourth-order valence-electron chi connectivity index (χ4n) is 3.90. The lowest BCUT2D eigenvalue weighted by molar-refractivity contribution is -0.116. The van der Waals surface area contributed by atoms with Crippen LogP contribution in [0.15, 0.2) is 4.21 Å². The molecule has 0 unspecified atom stereocenters. The summed E-state index contributed by atoms with van der Waals surface area (Å²) in [4.78, 5) is 6.51. The van der Waals surface area contributed by atoms with Crippen molar-refractivity contribution < 1.29 is 13.2 Å². The van der Waals surface area contributed by atoms with E-state index in [1.165, 1.54) is 0 Å². The van der Waals surface area contributed by atoms with Crippen molar-refractivity contribution in [1.82, 2.24) is 14.2 Å². The molecule has 4 heterocycles. The Balaban J connectivity index is 1.38. The highest BCUT2D eigenvalue weighted by Gasteiger charge is 2.56. The lowest BCUT2D eigenvalue weighted by Gasteiger charge is -2.61. The lowest BCUT2D eigenvalue weighted by Crippen LogP contribution is -2.74. The van der Waals surface area contributed by atoms with Gasteiger partial charge in [-0.05, 0) is 19.8 Å². The second-order valence-corrected chi connectivity index (χ2v) is 10.6. The number of nitrogens with zero attached hydrogens (tertiary/aromatic N) is 3. The number of thiazole rings is 1. The first kappa shape index (κ1) is 16.2. The van der Waals surface area contributed by atoms with Gasteiger partial charge in [0.2, 0.25) is 0 Å². The molecule has 1 spiro atoms. The van der Waals surface area contributed by atoms with Crippen molar-refractivity contribution >= 4 is 33.0 Å². The second-order valence-electron chi connectivity index (χ2n) is 6.86. The number of likely N-dealkylation sites (tertiary alicyclic amines) is 1. The zero-order valence-electron chi connectivity index (χ0n) is 13.0. The summed E-state index contributed by atoms with van der Waals surface area (Å²) in [6.45, 7) is 6.63. The van der Waals surface area contributed by atoms with Crippen LogP contribution in [0.3, 0.4) is 0 Å². The van der Waals surface area contributed by atoms with Crippen LogP contribution in [-0.4, -0.2) is 68.0 Å². The standard InChI is InChI=1S/C14H20ClN3O3S2/c1-10-12(22-13(15)16-10)23(19,20)18-8-14(9-18)6-17(7-14)11-2-4-21-5-3-11/h11H,2-9H2,1H3. The van der Waals surface area contributed by atoms with Gasteiger partial charge in [-0.1, -0.05) is 22.9 Å². The van der Waals surface area contributed by atoms with Crippen molar-refractivity contribution in [3.8, 4) is 0 Å². The molecule has 1 aromatic heterocycles. The highest BCUT2D eigenvalue weighted by atomic mass is 35.5. The minimum atomic E-state index is -3.44. The minimum absolute atomic E-state index is 0.160. The number of sulfonamides is 1. The van der Waals surface area contributed by atoms with E-state index >= 15 is 0 Å². The van der Waals surface area contributed by atoms with Gasteiger partial charge in [0.25, 0.3) is 10.0 Å². The molecule has 4 rings (SSSR count). The van der Waals surface area contributed by atoms with Crippen molar-refractivity contribution in [3.05, 3.63) is 10.2 Å². The average Bonchev–Trinajstić information content (AvgIpc) is 2.76. The van der Waals surface area contributed by atoms with Crippen molar-refractivity contribution in [3.63, 3.8) is 0 Å². The number of aromatic nitrogens is 1. The van der Waals surface area contributed by atoms with Gasteiger partial charge in [-0.3, -0.25) is 4.90 Å². The smallest absolute Gasteiger partial charge is 0.254 e. The van der Waals surface area contributed by atoms with Gasteiger partial charge in [0.05, 0.1) is 5.69 Å². The van der Waals surface area contributed by atoms with Crippen LogP contribution in [0, 0.1) is 12.3 Å². The third kappa shape index (κ3) is 2.73. The average molecular weight is 378 g/mol. The zero-order chi connectivity index (χ0) is 16.2. The van der Waals surface area contributed by atoms with Crippen LogP contribution in [0.1, 0.15) is 18.5 Å². The van der Waals surface area contributed by atoms with E-state index in [1.807, 2.05) is 0 Å². The van der Waals surface area contributed by atoms with Gasteiger partial charge in [-0.15, -0.1) is 0 Å². The monoisotopic (exact) mass is 377 g/mol. The zero-order valence-corrected chi connectivity index (χ0v) is 15.4. The Bertz CT molecular complexity index is 701. The maximum atomic E-state index is 12.7. The summed E-state index contributed by atoms with van der Waals surface area (Å²) < 4.78 is 32.9. The van der Waals surface area contributed by atoms with E-state index in [4.69, 9.17) is 16.3 Å². The number of rotatable bonds is 3. The third-order valence-electron chi connectivity index (χ3n) is 5.11. The fourth-order valence-corrected chi connectivity index (χ4v) is 7.44. The van der Waals surface area contributed by atoms with E-state index in [2.05, 4.69) is 9.88 Å². The second kappa shape index (κ2) is 5.64. The first-order chi connectivity index (χ1) is 10.9. The summed E-state index contributed by atoms with van der Waals surface area (Å²) in [5.74, 6) is 0. The van der Waals surface area contributed by atoms with Crippen LogP contribution in [0.5, 0.6) is 0 Å². The highest BCUT2D eigenvalue weighted by Crippen LogP contribution is 2.45. The van der Waals surface area contributed by atoms with E-state index in [0.29, 0.717) is 24.8 Å². The van der Waals surface area contributed by atoms with Gasteiger partial charge in [0.1, 0.15) is 0 Å². The van der Waals surface area contributed by atoms with Gasteiger partial charge in [-0.25, -0.2) is 13.4 Å². The maximum absolute atomic E-state index is 12.7. The largest absolute Gasteiger partial charge is 0.381 e. The molecule has 3 saturated heterocycles.